The van der Waals surface area contributed by atoms with Crippen LogP contribution in [-0.2, 0) is 10.9 Å². The number of aromatic nitrogens is 2. The van der Waals surface area contributed by atoms with E-state index >= 15 is 0 Å². The Balaban J connectivity index is 1.85. The normalized spacial score (nSPS) is 15.3. The summed E-state index contributed by atoms with van der Waals surface area (Å²) in [6.07, 6.45) is -3.47. The minimum atomic E-state index is -5.14. The number of alkyl halides is 3. The molecule has 1 N–H and O–H groups in total. The maximum Gasteiger partial charge on any atom is 0.419 e. The van der Waals surface area contributed by atoms with Crippen molar-refractivity contribution in [3.8, 4) is 17.3 Å². The number of ether oxygens (including phenoxy) is 2. The van der Waals surface area contributed by atoms with Gasteiger partial charge in [0.15, 0.2) is 17.4 Å². The van der Waals surface area contributed by atoms with Gasteiger partial charge >= 0.3 is 6.18 Å². The molecule has 0 atom stereocenters. The first-order chi connectivity index (χ1) is 15.1. The molecule has 0 amide bonds. The average molecular weight is 457 g/mol. The molecule has 6 nitrogen and oxygen atoms in total. The summed E-state index contributed by atoms with van der Waals surface area (Å²) in [5.41, 5.74) is -1.52. The molecule has 172 valence electrons. The predicted molar refractivity (Wildman–Crippen MR) is 106 cm³/mol. The first-order valence-electron chi connectivity index (χ1n) is 9.79. The van der Waals surface area contributed by atoms with Gasteiger partial charge in [0.1, 0.15) is 5.69 Å². The van der Waals surface area contributed by atoms with Gasteiger partial charge in [-0.05, 0) is 37.1 Å². The zero-order chi connectivity index (χ0) is 23.2. The molecule has 0 bridgehead atoms. The summed E-state index contributed by atoms with van der Waals surface area (Å²) in [5.74, 6) is -5.33. The van der Waals surface area contributed by atoms with Gasteiger partial charge in [0.2, 0.25) is 5.88 Å². The minimum absolute atomic E-state index is 0.0407. The number of fused-ring (bicyclic) bond motifs is 1. The smallest absolute Gasteiger partial charge is 0.419 e. The summed E-state index contributed by atoms with van der Waals surface area (Å²) in [4.78, 5) is 2.06. The summed E-state index contributed by atoms with van der Waals surface area (Å²) in [5, 5.41) is 14.1. The van der Waals surface area contributed by atoms with E-state index in [0.29, 0.717) is 18.6 Å². The van der Waals surface area contributed by atoms with Crippen LogP contribution in [0.4, 0.5) is 27.6 Å². The Morgan fingerprint density at radius 1 is 1.16 bits per heavy atom. The highest BCUT2D eigenvalue weighted by atomic mass is 19.4. The highest BCUT2D eigenvalue weighted by molar-refractivity contribution is 5.89. The fourth-order valence-corrected chi connectivity index (χ4v) is 3.88. The third kappa shape index (κ3) is 3.70. The monoisotopic (exact) mass is 457 g/mol. The molecule has 4 rings (SSSR count). The summed E-state index contributed by atoms with van der Waals surface area (Å²) in [6, 6.07) is 5.53. The van der Waals surface area contributed by atoms with E-state index in [1.165, 1.54) is 7.11 Å². The molecule has 2 aromatic carbocycles. The maximum absolute atomic E-state index is 14.6. The molecule has 0 spiro atoms. The molecule has 1 aliphatic heterocycles. The van der Waals surface area contributed by atoms with Crippen LogP contribution in [0.25, 0.3) is 16.6 Å². The molecule has 1 aliphatic rings. The minimum Gasteiger partial charge on any atom is -0.503 e. The Bertz CT molecular complexity index is 1160. The van der Waals surface area contributed by atoms with E-state index in [-0.39, 0.29) is 23.5 Å². The van der Waals surface area contributed by atoms with Crippen molar-refractivity contribution in [1.82, 2.24) is 9.78 Å². The number of hydrogen-bond donors (Lipinski definition) is 1. The Morgan fingerprint density at radius 3 is 2.47 bits per heavy atom. The summed E-state index contributed by atoms with van der Waals surface area (Å²) >= 11 is 0. The number of anilines is 1. The Labute approximate surface area is 179 Å². The molecule has 0 saturated carbocycles. The van der Waals surface area contributed by atoms with Gasteiger partial charge in [0, 0.05) is 32.0 Å². The Hall–Kier alpha value is -3.08. The third-order valence-corrected chi connectivity index (χ3v) is 5.66. The van der Waals surface area contributed by atoms with Crippen molar-refractivity contribution < 1.29 is 36.5 Å². The van der Waals surface area contributed by atoms with Crippen LogP contribution in [0.2, 0.25) is 0 Å². The highest BCUT2D eigenvalue weighted by Gasteiger charge is 2.38. The summed E-state index contributed by atoms with van der Waals surface area (Å²) in [6.45, 7) is 1.29. The van der Waals surface area contributed by atoms with Crippen LogP contribution in [0, 0.1) is 11.6 Å². The molecular weight excluding hydrogens is 437 g/mol. The average Bonchev–Trinajstić information content (AvgIpc) is 3.14. The summed E-state index contributed by atoms with van der Waals surface area (Å²) in [7, 11) is 3.24. The second-order valence-corrected chi connectivity index (χ2v) is 7.49. The number of rotatable bonds is 4. The topological polar surface area (TPSA) is 59.8 Å². The lowest BCUT2D eigenvalue weighted by atomic mass is 10.1. The van der Waals surface area contributed by atoms with Gasteiger partial charge in [-0.1, -0.05) is 0 Å². The lowest BCUT2D eigenvalue weighted by Crippen LogP contribution is -2.36. The van der Waals surface area contributed by atoms with Gasteiger partial charge in [0.25, 0.3) is 0 Å². The van der Waals surface area contributed by atoms with Crippen molar-refractivity contribution >= 4 is 16.6 Å². The molecule has 0 radical (unpaired) electrons. The van der Waals surface area contributed by atoms with Crippen molar-refractivity contribution in [2.24, 2.45) is 0 Å². The molecule has 32 heavy (non-hydrogen) atoms. The van der Waals surface area contributed by atoms with Crippen LogP contribution < -0.4 is 9.64 Å². The van der Waals surface area contributed by atoms with E-state index in [0.717, 1.165) is 23.2 Å². The van der Waals surface area contributed by atoms with Crippen molar-refractivity contribution in [3.05, 3.63) is 41.5 Å². The number of nitrogens with zero attached hydrogens (tertiary/aromatic N) is 3. The van der Waals surface area contributed by atoms with Crippen LogP contribution in [0.15, 0.2) is 24.3 Å². The molecule has 0 unspecified atom stereocenters. The molecule has 0 aliphatic carbocycles. The van der Waals surface area contributed by atoms with Crippen molar-refractivity contribution in [2.75, 3.05) is 32.3 Å². The molecule has 2 heterocycles. The number of halogens is 5. The van der Waals surface area contributed by atoms with Crippen LogP contribution in [0.1, 0.15) is 18.4 Å². The van der Waals surface area contributed by atoms with Crippen LogP contribution >= 0.6 is 0 Å². The number of methoxy groups -OCH3 is 1. The molecule has 3 aromatic rings. The first-order valence-corrected chi connectivity index (χ1v) is 9.79. The van der Waals surface area contributed by atoms with E-state index in [2.05, 4.69) is 10.00 Å². The fourth-order valence-electron chi connectivity index (χ4n) is 3.88. The van der Waals surface area contributed by atoms with Gasteiger partial charge in [-0.2, -0.15) is 13.2 Å². The Morgan fingerprint density at radius 2 is 1.84 bits per heavy atom. The Kier molecular flexibility index (Phi) is 5.61. The van der Waals surface area contributed by atoms with Crippen molar-refractivity contribution in [2.45, 2.75) is 25.1 Å². The fraction of sp³-hybridized carbons (Fsp3) is 0.381. The lowest BCUT2D eigenvalue weighted by Gasteiger charge is -2.33. The maximum atomic E-state index is 14.6. The van der Waals surface area contributed by atoms with Gasteiger partial charge in [-0.15, -0.1) is 5.10 Å². The van der Waals surface area contributed by atoms with Crippen molar-refractivity contribution in [1.29, 1.82) is 0 Å². The van der Waals surface area contributed by atoms with Crippen LogP contribution in [0.3, 0.4) is 0 Å². The van der Waals surface area contributed by atoms with Gasteiger partial charge in [0.05, 0.1) is 23.6 Å². The van der Waals surface area contributed by atoms with E-state index < -0.39 is 34.8 Å². The number of hydrogen-bond acceptors (Lipinski definition) is 5. The third-order valence-electron chi connectivity index (χ3n) is 5.66. The SMILES string of the molecule is COc1nn(-c2cc(C(F)(F)F)c(F)c(O)c2F)c2ccc(N(C)C3CCOCC3)cc12. The predicted octanol–water partition coefficient (Wildman–Crippen LogP) is 4.65. The number of aromatic hydroxyl groups is 1. The zero-order valence-electron chi connectivity index (χ0n) is 17.2. The van der Waals surface area contributed by atoms with Gasteiger partial charge in [-0.25, -0.2) is 13.5 Å². The lowest BCUT2D eigenvalue weighted by molar-refractivity contribution is -0.140. The van der Waals surface area contributed by atoms with E-state index in [1.54, 1.807) is 18.2 Å². The number of benzene rings is 2. The summed E-state index contributed by atoms with van der Waals surface area (Å²) < 4.78 is 79.7. The second-order valence-electron chi connectivity index (χ2n) is 7.49. The number of phenols is 1. The highest BCUT2D eigenvalue weighted by Crippen LogP contribution is 2.40. The molecule has 11 heteroatoms. The quantitative estimate of drug-likeness (QED) is 0.578. The second kappa shape index (κ2) is 8.12. The van der Waals surface area contributed by atoms with Gasteiger partial charge < -0.3 is 19.5 Å². The standard InChI is InChI=1S/C21H20F5N3O3/c1-28(11-5-7-32-8-6-11)12-3-4-15-13(9-12)20(31-2)27-29(15)16-10-14(21(24,25)26)17(22)19(30)18(16)23/h3-4,9-11,30H,5-8H2,1-2H3. The molecule has 1 fully saturated rings. The van der Waals surface area contributed by atoms with Crippen LogP contribution in [-0.4, -0.2) is 48.3 Å². The largest absolute Gasteiger partial charge is 0.503 e. The van der Waals surface area contributed by atoms with E-state index in [1.807, 2.05) is 7.05 Å². The van der Waals surface area contributed by atoms with Crippen LogP contribution in [0.5, 0.6) is 11.6 Å². The molecule has 1 aromatic heterocycles. The van der Waals surface area contributed by atoms with Crippen molar-refractivity contribution in [3.63, 3.8) is 0 Å². The number of phenolic OH excluding ortho intramolecular Hbond substituents is 1. The molecular formula is C21H20F5N3O3. The van der Waals surface area contributed by atoms with E-state index in [4.69, 9.17) is 9.47 Å². The first kappa shape index (κ1) is 22.1. The van der Waals surface area contributed by atoms with Gasteiger partial charge in [-0.3, -0.25) is 0 Å². The molecule has 1 saturated heterocycles. The van der Waals surface area contributed by atoms with E-state index in [9.17, 15) is 27.1 Å². The zero-order valence-corrected chi connectivity index (χ0v) is 17.2.